The number of likely N-dealkylation sites (N-methyl/N-ethyl adjacent to an activating group) is 6. The fraction of sp³-hybridized carbons (Fsp3) is 0.821. The van der Waals surface area contributed by atoms with E-state index >= 15 is 42.3 Å². The van der Waals surface area contributed by atoms with Crippen molar-refractivity contribution in [3.63, 3.8) is 0 Å². The molecule has 111 heavy (non-hydrogen) atoms. The first kappa shape index (κ1) is 91.0. The predicted octanol–water partition coefficient (Wildman–Crippen LogP) is 7.52. The van der Waals surface area contributed by atoms with Gasteiger partial charge < -0.3 is 64.8 Å². The van der Waals surface area contributed by atoms with Crippen LogP contribution in [0.15, 0.2) is 12.2 Å². The standard InChI is InChI=1S/C78H122F8N12O13/c1-17-23-54-65(102)88-64(45(4)18-2)72(109)97(49-30-31-49)42-62(101)93(14)55-24-21-20-22-33-96(71(55)108)58(36-46-25-28-48(29-26-46)77(81,82)83)69(106)91(12)41-60(99)87-53(32-27-47-34-51(79)63(52(80)35-47)78(84,85)86)67(104)98-40-50(111-19-3)37-56(98)66(103)89-76(43-75(8,9)44-76)73(110)95(16)59(39-74(5,6)7)70(107)94(15)57(68(105)90(10)11)38-61(100)92(54)13/h20-21,45-59,63-64H,17-19,22-44H2,1-16H3,(H,87,99)(H,88,102)(H,89,103)/b21-20-/t45-,46?,47?,48?,50+,51?,52?,53-,54-,55-,56-,57-,58-,59-,63?,64-/m0/s1. The highest BCUT2D eigenvalue weighted by Gasteiger charge is 2.60. The number of fused-ring (bicyclic) bond motifs is 3. The van der Waals surface area contributed by atoms with E-state index in [2.05, 4.69) is 16.0 Å². The summed E-state index contributed by atoms with van der Waals surface area (Å²) in [5.74, 6) is -16.3. The van der Waals surface area contributed by atoms with Gasteiger partial charge in [0.1, 0.15) is 78.7 Å². The Labute approximate surface area is 648 Å². The van der Waals surface area contributed by atoms with Crippen molar-refractivity contribution < 1.29 is 97.4 Å². The van der Waals surface area contributed by atoms with Gasteiger partial charge in [0.25, 0.3) is 0 Å². The van der Waals surface area contributed by atoms with Gasteiger partial charge in [0.2, 0.25) is 70.9 Å². The molecule has 6 fully saturated rings. The number of ether oxygens (including phenoxy) is 1. The summed E-state index contributed by atoms with van der Waals surface area (Å²) in [6.45, 7) is 14.3. The molecule has 628 valence electrons. The monoisotopic (exact) mass is 1590 g/mol. The summed E-state index contributed by atoms with van der Waals surface area (Å²) in [4.78, 5) is 193. The van der Waals surface area contributed by atoms with Crippen molar-refractivity contribution in [2.75, 3.05) is 82.1 Å². The van der Waals surface area contributed by atoms with Crippen LogP contribution in [0, 0.1) is 40.4 Å². The van der Waals surface area contributed by atoms with E-state index in [0.29, 0.717) is 25.7 Å². The molecule has 12 amide bonds. The molecule has 2 bridgehead atoms. The molecule has 0 radical (unpaired) electrons. The van der Waals surface area contributed by atoms with Crippen LogP contribution in [0.3, 0.4) is 0 Å². The lowest BCUT2D eigenvalue weighted by atomic mass is 9.58. The predicted molar refractivity (Wildman–Crippen MR) is 395 cm³/mol. The lowest BCUT2D eigenvalue weighted by molar-refractivity contribution is -0.219. The zero-order chi connectivity index (χ0) is 83.1. The molecule has 0 aromatic carbocycles. The summed E-state index contributed by atoms with van der Waals surface area (Å²) >= 11 is 0. The van der Waals surface area contributed by atoms with Crippen LogP contribution in [-0.2, 0) is 62.3 Å². The quantitative estimate of drug-likeness (QED) is 0.112. The minimum atomic E-state index is -5.22. The number of rotatable bonds is 14. The molecule has 2 saturated heterocycles. The summed E-state index contributed by atoms with van der Waals surface area (Å²) in [7, 11) is 9.50. The average Bonchev–Trinajstić information content (AvgIpc) is 1.72. The normalized spacial score (nSPS) is 31.8. The Kier molecular flexibility index (Phi) is 30.6. The first-order valence-corrected chi connectivity index (χ1v) is 39.6. The molecule has 7 rings (SSSR count). The van der Waals surface area contributed by atoms with Gasteiger partial charge in [-0.05, 0) is 145 Å². The lowest BCUT2D eigenvalue weighted by Gasteiger charge is -2.54. The lowest BCUT2D eigenvalue weighted by Crippen LogP contribution is -2.71. The number of amides is 12. The van der Waals surface area contributed by atoms with Gasteiger partial charge in [-0.1, -0.05) is 80.4 Å². The third-order valence-electron chi connectivity index (χ3n) is 24.0. The second kappa shape index (κ2) is 37.4. The second-order valence-electron chi connectivity index (χ2n) is 34.8. The van der Waals surface area contributed by atoms with Crippen LogP contribution in [0.1, 0.15) is 197 Å². The van der Waals surface area contributed by atoms with Crippen LogP contribution in [0.25, 0.3) is 0 Å². The number of halogens is 8. The van der Waals surface area contributed by atoms with Crippen molar-refractivity contribution >= 4 is 70.9 Å². The summed E-state index contributed by atoms with van der Waals surface area (Å²) < 4.78 is 122. The molecular weight excluding hydrogens is 1460 g/mol. The number of hydrogen-bond donors (Lipinski definition) is 3. The number of carbonyl (C=O) groups is 12. The van der Waals surface area contributed by atoms with Crippen molar-refractivity contribution in [1.29, 1.82) is 0 Å². The largest absolute Gasteiger partial charge is 0.397 e. The average molecular weight is 1590 g/mol. The number of nitrogens with one attached hydrogen (secondary N) is 3. The minimum Gasteiger partial charge on any atom is -0.377 e. The molecule has 0 aromatic rings. The van der Waals surface area contributed by atoms with E-state index in [0.717, 1.165) is 24.5 Å². The maximum absolute atomic E-state index is 15.7. The Morgan fingerprint density at radius 2 is 1.26 bits per heavy atom. The first-order chi connectivity index (χ1) is 51.6. The van der Waals surface area contributed by atoms with Gasteiger partial charge in [-0.15, -0.1) is 0 Å². The molecule has 1 spiro atoms. The zero-order valence-electron chi connectivity index (χ0n) is 67.7. The fourth-order valence-electron chi connectivity index (χ4n) is 17.5. The fourth-order valence-corrected chi connectivity index (χ4v) is 17.5. The SMILES string of the molecule is CCC[C@H]1C(=O)N[C@@H]([C@@H](C)CC)C(=O)N(C2CC2)CC(=O)N(C)[C@H]2C/C=C\CCN(C2=O)[C@@H](CC2CCC(C(F)(F)F)CC2)C(=O)N(C)CC(=O)N[C@@H](CCC2CC(F)C(C(F)(F)F)C(F)C2)C(=O)N2C[C@H](OCC)C[C@H]2C(=O)NC2(CC(C)(C)C2)C(=O)N(C)[C@@H](CC(C)(C)C)C(=O)N(C)[C@H](C(=O)N(C)C)CC(=O)N1C. The van der Waals surface area contributed by atoms with E-state index in [1.165, 1.54) is 68.9 Å². The van der Waals surface area contributed by atoms with Gasteiger partial charge >= 0.3 is 12.4 Å². The smallest absolute Gasteiger partial charge is 0.377 e. The van der Waals surface area contributed by atoms with Crippen molar-refractivity contribution in [2.24, 2.45) is 40.4 Å². The van der Waals surface area contributed by atoms with Crippen LogP contribution >= 0.6 is 0 Å². The number of hydrogen-bond acceptors (Lipinski definition) is 13. The van der Waals surface area contributed by atoms with Crippen LogP contribution in [0.2, 0.25) is 0 Å². The Hall–Kier alpha value is -7.22. The van der Waals surface area contributed by atoms with Crippen molar-refractivity contribution in [3.05, 3.63) is 12.2 Å². The minimum absolute atomic E-state index is 0.00452. The molecule has 3 N–H and O–H groups in total. The van der Waals surface area contributed by atoms with E-state index in [9.17, 15) is 50.3 Å². The third-order valence-corrected chi connectivity index (χ3v) is 24.0. The van der Waals surface area contributed by atoms with Gasteiger partial charge in [0.05, 0.1) is 25.0 Å². The Balaban J connectivity index is 1.35. The molecule has 3 aliphatic heterocycles. The van der Waals surface area contributed by atoms with E-state index in [-0.39, 0.29) is 103 Å². The molecule has 25 nitrogen and oxygen atoms in total. The second-order valence-corrected chi connectivity index (χ2v) is 34.8. The summed E-state index contributed by atoms with van der Waals surface area (Å²) in [5.41, 5.74) is -3.14. The number of carbonyl (C=O) groups excluding carboxylic acids is 12. The van der Waals surface area contributed by atoms with E-state index < -0.39 is 241 Å². The molecule has 0 aromatic heterocycles. The van der Waals surface area contributed by atoms with E-state index in [1.54, 1.807) is 39.8 Å². The maximum Gasteiger partial charge on any atom is 0.397 e. The van der Waals surface area contributed by atoms with Gasteiger partial charge in [0.15, 0.2) is 0 Å². The molecule has 33 heteroatoms. The third kappa shape index (κ3) is 22.6. The topological polar surface area (TPSA) is 279 Å². The number of alkyl halides is 8. The van der Waals surface area contributed by atoms with E-state index in [4.69, 9.17) is 4.74 Å². The Morgan fingerprint density at radius 3 is 1.80 bits per heavy atom. The molecule has 7 aliphatic rings. The van der Waals surface area contributed by atoms with Gasteiger partial charge in [-0.25, -0.2) is 8.78 Å². The molecule has 4 aliphatic carbocycles. The van der Waals surface area contributed by atoms with Crippen molar-refractivity contribution in [2.45, 2.75) is 288 Å². The highest BCUT2D eigenvalue weighted by Crippen LogP contribution is 2.50. The molecule has 12 atom stereocenters. The zero-order valence-corrected chi connectivity index (χ0v) is 67.7. The molecule has 3 heterocycles. The van der Waals surface area contributed by atoms with Crippen molar-refractivity contribution in [1.82, 2.24) is 60.0 Å². The van der Waals surface area contributed by atoms with Crippen LogP contribution in [-0.4, -0.2) is 288 Å². The highest BCUT2D eigenvalue weighted by atomic mass is 19.4. The molecular formula is C78H122F8N12O13. The summed E-state index contributed by atoms with van der Waals surface area (Å²) in [6, 6.07) is -12.0. The van der Waals surface area contributed by atoms with Gasteiger partial charge in [-0.2, -0.15) is 26.3 Å². The maximum atomic E-state index is 15.7. The molecule has 4 saturated carbocycles. The number of nitrogens with zero attached hydrogens (tertiary/aromatic N) is 9. The first-order valence-electron chi connectivity index (χ1n) is 39.6. The van der Waals surface area contributed by atoms with Crippen LogP contribution in [0.4, 0.5) is 35.1 Å². The van der Waals surface area contributed by atoms with Crippen LogP contribution in [0.5, 0.6) is 0 Å². The van der Waals surface area contributed by atoms with Crippen molar-refractivity contribution in [3.8, 4) is 0 Å². The van der Waals surface area contributed by atoms with Crippen LogP contribution < -0.4 is 16.0 Å². The summed E-state index contributed by atoms with van der Waals surface area (Å²) in [6.07, 6.45) is -14.8. The summed E-state index contributed by atoms with van der Waals surface area (Å²) in [5, 5.41) is 8.51. The Bertz CT molecular complexity index is 3360. The van der Waals surface area contributed by atoms with Gasteiger partial charge in [-0.3, -0.25) is 57.5 Å². The Morgan fingerprint density at radius 1 is 0.640 bits per heavy atom. The molecule has 2 unspecified atom stereocenters. The van der Waals surface area contributed by atoms with E-state index in [1.807, 2.05) is 34.6 Å². The van der Waals surface area contributed by atoms with Gasteiger partial charge in [0, 0.05) is 81.5 Å². The highest BCUT2D eigenvalue weighted by molar-refractivity contribution is 6.01.